The highest BCUT2D eigenvalue weighted by atomic mass is 32.2. The zero-order valence-corrected chi connectivity index (χ0v) is 11.1. The van der Waals surface area contributed by atoms with Crippen LogP contribution in [0.5, 0.6) is 0 Å². The highest BCUT2D eigenvalue weighted by Crippen LogP contribution is 2.17. The van der Waals surface area contributed by atoms with Crippen molar-refractivity contribution in [1.82, 2.24) is 0 Å². The summed E-state index contributed by atoms with van der Waals surface area (Å²) in [6, 6.07) is 10.6. The number of nitrogens with one attached hydrogen (secondary N) is 2. The van der Waals surface area contributed by atoms with Crippen LogP contribution in [0.2, 0.25) is 0 Å². The van der Waals surface area contributed by atoms with E-state index >= 15 is 0 Å². The molecule has 5 nitrogen and oxygen atoms in total. The van der Waals surface area contributed by atoms with E-state index in [9.17, 15) is 12.8 Å². The fourth-order valence-electron chi connectivity index (χ4n) is 1.58. The molecule has 4 N–H and O–H groups in total. The lowest BCUT2D eigenvalue weighted by molar-refractivity contribution is 0.599. The molecule has 0 bridgehead atoms. The number of sulfonamides is 1. The first kappa shape index (κ1) is 14.0. The number of nitrogen functional groups attached to an aromatic ring is 1. The van der Waals surface area contributed by atoms with Crippen LogP contribution in [-0.2, 0) is 10.0 Å². The van der Waals surface area contributed by atoms with Crippen molar-refractivity contribution in [3.8, 4) is 0 Å². The highest BCUT2D eigenvalue weighted by molar-refractivity contribution is 7.92. The Morgan fingerprint density at radius 3 is 2.40 bits per heavy atom. The molecule has 104 valence electrons. The van der Waals surface area contributed by atoms with Gasteiger partial charge in [0.1, 0.15) is 11.7 Å². The van der Waals surface area contributed by atoms with Crippen LogP contribution in [-0.4, -0.2) is 14.3 Å². The quantitative estimate of drug-likeness (QED) is 0.593. The third-order valence-corrected chi connectivity index (χ3v) is 3.95. The lowest BCUT2D eigenvalue weighted by Crippen LogP contribution is -2.15. The van der Waals surface area contributed by atoms with Gasteiger partial charge in [0.05, 0.1) is 4.90 Å². The van der Waals surface area contributed by atoms with E-state index < -0.39 is 15.8 Å². The van der Waals surface area contributed by atoms with Crippen LogP contribution in [0.1, 0.15) is 5.56 Å². The molecule has 2 rings (SSSR count). The maximum Gasteiger partial charge on any atom is 0.261 e. The van der Waals surface area contributed by atoms with Gasteiger partial charge >= 0.3 is 0 Å². The smallest absolute Gasteiger partial charge is 0.261 e. The number of benzene rings is 2. The number of amidine groups is 1. The van der Waals surface area contributed by atoms with Gasteiger partial charge in [0.2, 0.25) is 0 Å². The fraction of sp³-hybridized carbons (Fsp3) is 0. The van der Waals surface area contributed by atoms with Crippen molar-refractivity contribution in [2.75, 3.05) is 4.72 Å². The molecular weight excluding hydrogens is 281 g/mol. The van der Waals surface area contributed by atoms with Crippen LogP contribution >= 0.6 is 0 Å². The Morgan fingerprint density at radius 1 is 1.15 bits per heavy atom. The topological polar surface area (TPSA) is 96.0 Å². The third kappa shape index (κ3) is 3.12. The molecule has 0 fully saturated rings. The van der Waals surface area contributed by atoms with Crippen molar-refractivity contribution in [1.29, 1.82) is 5.41 Å². The van der Waals surface area contributed by atoms with Crippen molar-refractivity contribution < 1.29 is 12.8 Å². The maximum absolute atomic E-state index is 12.8. The summed E-state index contributed by atoms with van der Waals surface area (Å²) in [4.78, 5) is -0.0490. The van der Waals surface area contributed by atoms with E-state index in [2.05, 4.69) is 4.72 Å². The summed E-state index contributed by atoms with van der Waals surface area (Å²) in [5, 5.41) is 7.31. The minimum atomic E-state index is -3.80. The molecule has 0 unspecified atom stereocenters. The molecule has 0 saturated carbocycles. The molecule has 0 aliphatic rings. The van der Waals surface area contributed by atoms with Gasteiger partial charge in [0.25, 0.3) is 10.0 Å². The average Bonchev–Trinajstić information content (AvgIpc) is 2.39. The number of rotatable bonds is 4. The van der Waals surface area contributed by atoms with Crippen molar-refractivity contribution in [3.63, 3.8) is 0 Å². The minimum absolute atomic E-state index is 0.0490. The van der Waals surface area contributed by atoms with Gasteiger partial charge in [-0.1, -0.05) is 12.1 Å². The summed E-state index contributed by atoms with van der Waals surface area (Å²) in [5.41, 5.74) is 6.02. The zero-order chi connectivity index (χ0) is 14.8. The normalized spacial score (nSPS) is 11.1. The summed E-state index contributed by atoms with van der Waals surface area (Å²) in [7, 11) is -3.80. The molecule has 0 atom stereocenters. The van der Waals surface area contributed by atoms with Crippen molar-refractivity contribution in [2.45, 2.75) is 4.90 Å². The van der Waals surface area contributed by atoms with Crippen LogP contribution in [0.3, 0.4) is 0 Å². The fourth-order valence-corrected chi connectivity index (χ4v) is 2.63. The molecular formula is C13H12FN3O2S. The van der Waals surface area contributed by atoms with E-state index in [4.69, 9.17) is 11.1 Å². The first-order valence-electron chi connectivity index (χ1n) is 5.61. The summed E-state index contributed by atoms with van der Waals surface area (Å²) in [6.45, 7) is 0. The predicted molar refractivity (Wildman–Crippen MR) is 74.7 cm³/mol. The van der Waals surface area contributed by atoms with E-state index in [0.717, 1.165) is 12.1 Å². The first-order valence-corrected chi connectivity index (χ1v) is 7.10. The number of anilines is 1. The van der Waals surface area contributed by atoms with Gasteiger partial charge in [0, 0.05) is 11.3 Å². The predicted octanol–water partition coefficient (Wildman–Crippen LogP) is 1.91. The monoisotopic (exact) mass is 293 g/mol. The van der Waals surface area contributed by atoms with Crippen LogP contribution in [0, 0.1) is 11.2 Å². The van der Waals surface area contributed by atoms with Crippen LogP contribution < -0.4 is 10.5 Å². The Kier molecular flexibility index (Phi) is 3.71. The number of halogens is 1. The van der Waals surface area contributed by atoms with E-state index in [1.54, 1.807) is 12.1 Å². The molecule has 0 saturated heterocycles. The lowest BCUT2D eigenvalue weighted by atomic mass is 10.2. The minimum Gasteiger partial charge on any atom is -0.384 e. The second-order valence-corrected chi connectivity index (χ2v) is 5.74. The van der Waals surface area contributed by atoms with Gasteiger partial charge < -0.3 is 5.73 Å². The van der Waals surface area contributed by atoms with Crippen molar-refractivity contribution in [3.05, 3.63) is 59.9 Å². The van der Waals surface area contributed by atoms with E-state index in [1.807, 2.05) is 0 Å². The van der Waals surface area contributed by atoms with Crippen LogP contribution in [0.4, 0.5) is 10.1 Å². The number of nitrogens with two attached hydrogens (primary N) is 1. The molecule has 20 heavy (non-hydrogen) atoms. The van der Waals surface area contributed by atoms with Gasteiger partial charge in [-0.3, -0.25) is 10.1 Å². The van der Waals surface area contributed by atoms with Crippen LogP contribution in [0.25, 0.3) is 0 Å². The number of hydrogen-bond donors (Lipinski definition) is 3. The second kappa shape index (κ2) is 5.30. The van der Waals surface area contributed by atoms with Gasteiger partial charge in [-0.05, 0) is 36.4 Å². The van der Waals surface area contributed by atoms with Gasteiger partial charge in [-0.15, -0.1) is 0 Å². The molecule has 0 aliphatic heterocycles. The molecule has 2 aromatic rings. The molecule has 0 amide bonds. The molecule has 7 heteroatoms. The molecule has 0 spiro atoms. The first-order chi connectivity index (χ1) is 9.38. The van der Waals surface area contributed by atoms with Crippen molar-refractivity contribution in [2.24, 2.45) is 5.73 Å². The Labute approximate surface area is 115 Å². The van der Waals surface area contributed by atoms with Gasteiger partial charge in [-0.25, -0.2) is 12.8 Å². The van der Waals surface area contributed by atoms with E-state index in [0.29, 0.717) is 5.56 Å². The molecule has 0 heterocycles. The Bertz CT molecular complexity index is 742. The second-order valence-electron chi connectivity index (χ2n) is 4.05. The highest BCUT2D eigenvalue weighted by Gasteiger charge is 2.14. The SMILES string of the molecule is N=C(N)c1cccc(NS(=O)(=O)c2ccc(F)cc2)c1. The van der Waals surface area contributed by atoms with E-state index in [-0.39, 0.29) is 16.4 Å². The Hall–Kier alpha value is -2.41. The largest absolute Gasteiger partial charge is 0.384 e. The van der Waals surface area contributed by atoms with Gasteiger partial charge in [-0.2, -0.15) is 0 Å². The van der Waals surface area contributed by atoms with Gasteiger partial charge in [0.15, 0.2) is 0 Å². The average molecular weight is 293 g/mol. The Balaban J connectivity index is 2.31. The standard InChI is InChI=1S/C13H12FN3O2S/c14-10-4-6-12(7-5-10)20(18,19)17-11-3-1-2-9(8-11)13(15)16/h1-8,17H,(H3,15,16). The summed E-state index contributed by atoms with van der Waals surface area (Å²) in [6.07, 6.45) is 0. The maximum atomic E-state index is 12.8. The summed E-state index contributed by atoms with van der Waals surface area (Å²) >= 11 is 0. The van der Waals surface area contributed by atoms with Crippen molar-refractivity contribution >= 4 is 21.5 Å². The lowest BCUT2D eigenvalue weighted by Gasteiger charge is -2.09. The molecule has 2 aromatic carbocycles. The zero-order valence-electron chi connectivity index (χ0n) is 10.3. The third-order valence-electron chi connectivity index (χ3n) is 2.55. The van der Waals surface area contributed by atoms with Crippen LogP contribution in [0.15, 0.2) is 53.4 Å². The summed E-state index contributed by atoms with van der Waals surface area (Å²) in [5.74, 6) is -0.671. The Morgan fingerprint density at radius 2 is 1.80 bits per heavy atom. The molecule has 0 aromatic heterocycles. The molecule has 0 aliphatic carbocycles. The van der Waals surface area contributed by atoms with E-state index in [1.165, 1.54) is 24.3 Å². The molecule has 0 radical (unpaired) electrons. The summed E-state index contributed by atoms with van der Waals surface area (Å²) < 4.78 is 39.3. The number of hydrogen-bond acceptors (Lipinski definition) is 3.